The van der Waals surface area contributed by atoms with E-state index in [0.29, 0.717) is 11.8 Å². The summed E-state index contributed by atoms with van der Waals surface area (Å²) in [7, 11) is 0. The largest absolute Gasteiger partial charge is 0.362 e. The maximum atomic E-state index is 6.11. The Labute approximate surface area is 86.8 Å². The van der Waals surface area contributed by atoms with Crippen molar-refractivity contribution in [3.8, 4) is 0 Å². The Morgan fingerprint density at radius 1 is 1.46 bits per heavy atom. The monoisotopic (exact) mass is 204 g/mol. The van der Waals surface area contributed by atoms with Gasteiger partial charge in [-0.05, 0) is 18.3 Å². The summed E-state index contributed by atoms with van der Waals surface area (Å²) in [4.78, 5) is 0. The molecule has 1 nitrogen and oxygen atoms in total. The van der Waals surface area contributed by atoms with Crippen LogP contribution in [-0.4, -0.2) is 12.2 Å². The minimum atomic E-state index is -0.0244. The first-order chi connectivity index (χ1) is 6.15. The van der Waals surface area contributed by atoms with Crippen LogP contribution in [0.3, 0.4) is 0 Å². The van der Waals surface area contributed by atoms with Crippen molar-refractivity contribution in [1.29, 1.82) is 0 Å². The quantitative estimate of drug-likeness (QED) is 0.636. The Balaban J connectivity index is 2.35. The second-order valence-corrected chi connectivity index (χ2v) is 4.92. The Morgan fingerprint density at radius 2 is 2.15 bits per heavy atom. The van der Waals surface area contributed by atoms with E-state index < -0.39 is 0 Å². The summed E-state index contributed by atoms with van der Waals surface area (Å²) >= 11 is 6.11. The van der Waals surface area contributed by atoms with Crippen LogP contribution < -0.4 is 0 Å². The topological polar surface area (TPSA) is 9.23 Å². The van der Waals surface area contributed by atoms with Gasteiger partial charge in [-0.2, -0.15) is 0 Å². The molecule has 1 saturated heterocycles. The molecule has 0 radical (unpaired) electrons. The van der Waals surface area contributed by atoms with Gasteiger partial charge in [-0.15, -0.1) is 0 Å². The molecular weight excluding hydrogens is 184 g/mol. The van der Waals surface area contributed by atoms with Crippen molar-refractivity contribution in [1.82, 2.24) is 0 Å². The lowest BCUT2D eigenvalue weighted by atomic mass is 9.87. The average molecular weight is 205 g/mol. The van der Waals surface area contributed by atoms with E-state index in [9.17, 15) is 0 Å². The second-order valence-electron chi connectivity index (χ2n) is 4.49. The summed E-state index contributed by atoms with van der Waals surface area (Å²) in [5.74, 6) is 2.07. The second kappa shape index (κ2) is 5.21. The van der Waals surface area contributed by atoms with Crippen LogP contribution in [0.5, 0.6) is 0 Å². The first-order valence-electron chi connectivity index (χ1n) is 5.40. The maximum absolute atomic E-state index is 6.11. The van der Waals surface area contributed by atoms with Crippen molar-refractivity contribution in [2.45, 2.75) is 45.6 Å². The molecule has 0 aromatic rings. The molecule has 1 fully saturated rings. The van der Waals surface area contributed by atoms with Crippen LogP contribution in [0.15, 0.2) is 0 Å². The van der Waals surface area contributed by atoms with Crippen molar-refractivity contribution in [3.05, 3.63) is 0 Å². The Bertz CT molecular complexity index is 147. The fourth-order valence-electron chi connectivity index (χ4n) is 1.99. The molecule has 0 aromatic carbocycles. The van der Waals surface area contributed by atoms with Crippen LogP contribution in [-0.2, 0) is 4.74 Å². The highest BCUT2D eigenvalue weighted by Crippen LogP contribution is 2.35. The molecule has 0 aliphatic carbocycles. The van der Waals surface area contributed by atoms with Gasteiger partial charge in [0, 0.05) is 5.92 Å². The third kappa shape index (κ3) is 3.14. The minimum Gasteiger partial charge on any atom is -0.362 e. The molecule has 13 heavy (non-hydrogen) atoms. The van der Waals surface area contributed by atoms with Gasteiger partial charge in [0.2, 0.25) is 0 Å². The lowest BCUT2D eigenvalue weighted by molar-refractivity contribution is 0.148. The first-order valence-corrected chi connectivity index (χ1v) is 5.84. The van der Waals surface area contributed by atoms with E-state index in [1.807, 2.05) is 0 Å². The summed E-state index contributed by atoms with van der Waals surface area (Å²) in [6, 6.07) is 0. The summed E-state index contributed by atoms with van der Waals surface area (Å²) in [5.41, 5.74) is -0.0244. The summed E-state index contributed by atoms with van der Waals surface area (Å²) < 4.78 is 5.47. The zero-order chi connectivity index (χ0) is 9.84. The summed E-state index contributed by atoms with van der Waals surface area (Å²) in [5, 5.41) is 0. The summed E-state index contributed by atoms with van der Waals surface area (Å²) in [6.07, 6.45) is 3.70. The Kier molecular flexibility index (Phi) is 4.54. The molecule has 0 saturated carbocycles. The Morgan fingerprint density at radius 3 is 2.69 bits per heavy atom. The number of ether oxygens (including phenoxy) is 1. The standard InChI is InChI=1S/C11H21ClO/c1-4-9-7-13-11(12)10(9)6-5-8(2)3/h8-11H,4-7H2,1-3H3. The zero-order valence-electron chi connectivity index (χ0n) is 8.92. The van der Waals surface area contributed by atoms with Crippen molar-refractivity contribution >= 4 is 11.6 Å². The van der Waals surface area contributed by atoms with Gasteiger partial charge in [-0.1, -0.05) is 45.2 Å². The number of hydrogen-bond acceptors (Lipinski definition) is 1. The lowest BCUT2D eigenvalue weighted by Gasteiger charge is -2.19. The average Bonchev–Trinajstić information content (AvgIpc) is 2.43. The van der Waals surface area contributed by atoms with Crippen LogP contribution in [0.2, 0.25) is 0 Å². The zero-order valence-corrected chi connectivity index (χ0v) is 9.68. The fourth-order valence-corrected chi connectivity index (χ4v) is 2.39. The van der Waals surface area contributed by atoms with E-state index in [1.165, 1.54) is 19.3 Å². The van der Waals surface area contributed by atoms with E-state index in [4.69, 9.17) is 16.3 Å². The molecule has 3 unspecified atom stereocenters. The molecule has 0 bridgehead atoms. The fraction of sp³-hybridized carbons (Fsp3) is 1.00. The van der Waals surface area contributed by atoms with Crippen LogP contribution in [0.1, 0.15) is 40.0 Å². The van der Waals surface area contributed by atoms with E-state index in [1.54, 1.807) is 0 Å². The minimum absolute atomic E-state index is 0.0244. The van der Waals surface area contributed by atoms with Gasteiger partial charge in [-0.3, -0.25) is 0 Å². The molecule has 3 atom stereocenters. The van der Waals surface area contributed by atoms with Crippen molar-refractivity contribution < 1.29 is 4.74 Å². The summed E-state index contributed by atoms with van der Waals surface area (Å²) in [6.45, 7) is 7.62. The molecule has 1 rings (SSSR count). The number of alkyl halides is 1. The van der Waals surface area contributed by atoms with Gasteiger partial charge in [-0.25, -0.2) is 0 Å². The third-order valence-corrected chi connectivity index (χ3v) is 3.46. The van der Waals surface area contributed by atoms with Gasteiger partial charge >= 0.3 is 0 Å². The molecule has 2 heteroatoms. The number of rotatable bonds is 4. The van der Waals surface area contributed by atoms with Crippen LogP contribution in [0.4, 0.5) is 0 Å². The van der Waals surface area contributed by atoms with Gasteiger partial charge < -0.3 is 4.74 Å². The predicted octanol–water partition coefficient (Wildman–Crippen LogP) is 3.66. The smallest absolute Gasteiger partial charge is 0.134 e. The number of hydrogen-bond donors (Lipinski definition) is 0. The molecule has 1 aliphatic heterocycles. The van der Waals surface area contributed by atoms with Crippen LogP contribution >= 0.6 is 11.6 Å². The normalized spacial score (nSPS) is 34.4. The molecule has 0 spiro atoms. The van der Waals surface area contributed by atoms with Crippen LogP contribution in [0, 0.1) is 17.8 Å². The van der Waals surface area contributed by atoms with E-state index in [2.05, 4.69) is 20.8 Å². The van der Waals surface area contributed by atoms with Gasteiger partial charge in [0.1, 0.15) is 5.56 Å². The van der Waals surface area contributed by atoms with E-state index in [-0.39, 0.29) is 5.56 Å². The van der Waals surface area contributed by atoms with Gasteiger partial charge in [0.05, 0.1) is 6.61 Å². The highest BCUT2D eigenvalue weighted by Gasteiger charge is 2.34. The SMILES string of the molecule is CCC1COC(Cl)C1CCC(C)C. The maximum Gasteiger partial charge on any atom is 0.134 e. The van der Waals surface area contributed by atoms with Crippen molar-refractivity contribution in [2.24, 2.45) is 17.8 Å². The number of halogens is 1. The molecule has 0 aromatic heterocycles. The third-order valence-electron chi connectivity index (χ3n) is 3.01. The predicted molar refractivity (Wildman–Crippen MR) is 56.9 cm³/mol. The molecule has 0 N–H and O–H groups in total. The molecule has 1 heterocycles. The lowest BCUT2D eigenvalue weighted by Crippen LogP contribution is -2.16. The van der Waals surface area contributed by atoms with E-state index >= 15 is 0 Å². The van der Waals surface area contributed by atoms with Crippen LogP contribution in [0.25, 0.3) is 0 Å². The van der Waals surface area contributed by atoms with Crippen molar-refractivity contribution in [3.63, 3.8) is 0 Å². The highest BCUT2D eigenvalue weighted by atomic mass is 35.5. The molecule has 0 amide bonds. The first kappa shape index (κ1) is 11.3. The molecule has 1 aliphatic rings. The highest BCUT2D eigenvalue weighted by molar-refractivity contribution is 6.20. The molecule has 78 valence electrons. The van der Waals surface area contributed by atoms with Gasteiger partial charge in [0.15, 0.2) is 0 Å². The van der Waals surface area contributed by atoms with E-state index in [0.717, 1.165) is 12.5 Å². The van der Waals surface area contributed by atoms with Gasteiger partial charge in [0.25, 0.3) is 0 Å². The van der Waals surface area contributed by atoms with Crippen molar-refractivity contribution in [2.75, 3.05) is 6.61 Å². The Hall–Kier alpha value is 0.250. The molecular formula is C11H21ClO.